The summed E-state index contributed by atoms with van der Waals surface area (Å²) in [5.74, 6) is -0.234. The van der Waals surface area contributed by atoms with E-state index in [1.807, 2.05) is 29.2 Å². The maximum absolute atomic E-state index is 12.3. The average molecular weight is 435 g/mol. The Morgan fingerprint density at radius 2 is 1.97 bits per heavy atom. The molecule has 4 rings (SSSR count). The molecule has 0 bridgehead atoms. The van der Waals surface area contributed by atoms with Crippen molar-refractivity contribution in [3.8, 4) is 0 Å². The van der Waals surface area contributed by atoms with Crippen LogP contribution in [-0.2, 0) is 9.47 Å². The maximum atomic E-state index is 12.3. The van der Waals surface area contributed by atoms with Crippen LogP contribution in [0.4, 0.5) is 16.2 Å². The van der Waals surface area contributed by atoms with E-state index in [1.165, 1.54) is 11.3 Å². The Bertz CT molecular complexity index is 946. The first-order valence-corrected chi connectivity index (χ1v) is 10.2. The van der Waals surface area contributed by atoms with Crippen molar-refractivity contribution in [2.45, 2.75) is 6.10 Å². The van der Waals surface area contributed by atoms with Gasteiger partial charge < -0.3 is 14.8 Å². The Morgan fingerprint density at radius 1 is 1.24 bits per heavy atom. The zero-order chi connectivity index (χ0) is 20.4. The Balaban J connectivity index is 1.36. The lowest BCUT2D eigenvalue weighted by molar-refractivity contribution is 0.0920. The number of anilines is 2. The van der Waals surface area contributed by atoms with Crippen LogP contribution in [0.2, 0.25) is 4.34 Å². The number of carbonyl (C=O) groups excluding carboxylic acids is 2. The van der Waals surface area contributed by atoms with Gasteiger partial charge in [0.05, 0.1) is 28.8 Å². The normalized spacial score (nSPS) is 20.1. The summed E-state index contributed by atoms with van der Waals surface area (Å²) >= 11 is 7.06. The number of amides is 2. The van der Waals surface area contributed by atoms with Gasteiger partial charge in [-0.3, -0.25) is 14.6 Å². The molecular formula is C19H19ClN4O4S. The molecule has 0 spiro atoms. The minimum absolute atomic E-state index is 0.232. The molecule has 2 aliphatic heterocycles. The number of cyclic esters (lactones) is 1. The van der Waals surface area contributed by atoms with Gasteiger partial charge in [0.25, 0.3) is 11.9 Å². The lowest BCUT2D eigenvalue weighted by Crippen LogP contribution is -2.34. The molecule has 1 atom stereocenters. The molecule has 2 aromatic rings. The molecule has 1 aromatic carbocycles. The van der Waals surface area contributed by atoms with Crippen molar-refractivity contribution in [2.24, 2.45) is 4.99 Å². The molecule has 10 heteroatoms. The second-order valence-corrected chi connectivity index (χ2v) is 8.17. The predicted molar refractivity (Wildman–Crippen MR) is 112 cm³/mol. The number of thiophene rings is 1. The predicted octanol–water partition coefficient (Wildman–Crippen LogP) is 2.98. The van der Waals surface area contributed by atoms with E-state index in [0.29, 0.717) is 28.4 Å². The Kier molecular flexibility index (Phi) is 5.59. The van der Waals surface area contributed by atoms with E-state index >= 15 is 0 Å². The summed E-state index contributed by atoms with van der Waals surface area (Å²) in [6.07, 6.45) is -0.858. The number of benzene rings is 1. The van der Waals surface area contributed by atoms with Gasteiger partial charge in [-0.05, 0) is 36.4 Å². The van der Waals surface area contributed by atoms with Crippen molar-refractivity contribution in [1.82, 2.24) is 5.32 Å². The van der Waals surface area contributed by atoms with E-state index in [-0.39, 0.29) is 12.5 Å². The van der Waals surface area contributed by atoms with Gasteiger partial charge in [-0.25, -0.2) is 9.79 Å². The summed E-state index contributed by atoms with van der Waals surface area (Å²) in [7, 11) is 1.69. The van der Waals surface area contributed by atoms with Crippen molar-refractivity contribution >= 4 is 52.3 Å². The van der Waals surface area contributed by atoms with Gasteiger partial charge in [0, 0.05) is 18.4 Å². The standard InChI is InChI=1S/C19H19ClN4O4S/c1-21-18-23(8-9-27-18)12-2-4-13(5-3-12)24-11-14(28-19(24)26)10-22-17(25)15-6-7-16(20)29-15/h2-7,14H,8-11H2,1H3,(H,22,25). The molecule has 2 saturated heterocycles. The highest BCUT2D eigenvalue weighted by atomic mass is 35.5. The first-order chi connectivity index (χ1) is 14.0. The van der Waals surface area contributed by atoms with Crippen LogP contribution in [0.15, 0.2) is 41.4 Å². The molecule has 0 radical (unpaired) electrons. The van der Waals surface area contributed by atoms with E-state index in [1.54, 1.807) is 24.1 Å². The minimum Gasteiger partial charge on any atom is -0.463 e. The first-order valence-electron chi connectivity index (χ1n) is 9.04. The van der Waals surface area contributed by atoms with Gasteiger partial charge in [-0.2, -0.15) is 0 Å². The topological polar surface area (TPSA) is 83.5 Å². The largest absolute Gasteiger partial charge is 0.463 e. The summed E-state index contributed by atoms with van der Waals surface area (Å²) < 4.78 is 11.4. The van der Waals surface area contributed by atoms with E-state index in [4.69, 9.17) is 21.1 Å². The average Bonchev–Trinajstić information content (AvgIpc) is 3.46. The quantitative estimate of drug-likeness (QED) is 0.782. The van der Waals surface area contributed by atoms with Gasteiger partial charge in [0.15, 0.2) is 0 Å². The van der Waals surface area contributed by atoms with E-state index in [9.17, 15) is 9.59 Å². The fraction of sp³-hybridized carbons (Fsp3) is 0.316. The molecule has 8 nitrogen and oxygen atoms in total. The maximum Gasteiger partial charge on any atom is 0.414 e. The van der Waals surface area contributed by atoms with Crippen LogP contribution in [0.25, 0.3) is 0 Å². The minimum atomic E-state index is -0.434. The monoisotopic (exact) mass is 434 g/mol. The van der Waals surface area contributed by atoms with E-state index in [2.05, 4.69) is 10.3 Å². The SMILES string of the molecule is CN=C1OCCN1c1ccc(N2CC(CNC(=O)c3ccc(Cl)s3)OC2=O)cc1. The summed E-state index contributed by atoms with van der Waals surface area (Å²) in [6.45, 7) is 1.92. The zero-order valence-corrected chi connectivity index (χ0v) is 17.2. The molecule has 2 amide bonds. The fourth-order valence-corrected chi connectivity index (χ4v) is 4.17. The van der Waals surface area contributed by atoms with Gasteiger partial charge in [-0.15, -0.1) is 11.3 Å². The highest BCUT2D eigenvalue weighted by molar-refractivity contribution is 7.18. The van der Waals surface area contributed by atoms with Crippen molar-refractivity contribution in [1.29, 1.82) is 0 Å². The number of amidine groups is 1. The van der Waals surface area contributed by atoms with Crippen LogP contribution >= 0.6 is 22.9 Å². The highest BCUT2D eigenvalue weighted by Gasteiger charge is 2.33. The summed E-state index contributed by atoms with van der Waals surface area (Å²) in [6, 6.07) is 11.5. The summed E-state index contributed by atoms with van der Waals surface area (Å²) in [5.41, 5.74) is 1.67. The first kappa shape index (κ1) is 19.5. The van der Waals surface area contributed by atoms with Crippen molar-refractivity contribution in [3.05, 3.63) is 45.6 Å². The lowest BCUT2D eigenvalue weighted by Gasteiger charge is -2.18. The summed E-state index contributed by atoms with van der Waals surface area (Å²) in [5, 5.41) is 2.78. The molecule has 2 aliphatic rings. The number of aliphatic imine (C=N–C) groups is 1. The van der Waals surface area contributed by atoms with Crippen LogP contribution in [0.1, 0.15) is 9.67 Å². The van der Waals surface area contributed by atoms with Crippen LogP contribution in [-0.4, -0.2) is 57.4 Å². The number of rotatable bonds is 5. The molecule has 1 unspecified atom stereocenters. The number of nitrogens with one attached hydrogen (secondary N) is 1. The molecular weight excluding hydrogens is 416 g/mol. The molecule has 1 N–H and O–H groups in total. The van der Waals surface area contributed by atoms with Crippen LogP contribution in [0.3, 0.4) is 0 Å². The van der Waals surface area contributed by atoms with Crippen molar-refractivity contribution < 1.29 is 19.1 Å². The third-order valence-corrected chi connectivity index (χ3v) is 5.83. The summed E-state index contributed by atoms with van der Waals surface area (Å²) in [4.78, 5) is 32.6. The lowest BCUT2D eigenvalue weighted by atomic mass is 10.2. The number of nitrogens with zero attached hydrogens (tertiary/aromatic N) is 3. The van der Waals surface area contributed by atoms with Gasteiger partial charge in [-0.1, -0.05) is 11.6 Å². The van der Waals surface area contributed by atoms with E-state index < -0.39 is 12.2 Å². The molecule has 3 heterocycles. The number of ether oxygens (including phenoxy) is 2. The van der Waals surface area contributed by atoms with Crippen LogP contribution in [0, 0.1) is 0 Å². The molecule has 2 fully saturated rings. The molecule has 1 aromatic heterocycles. The number of halogens is 1. The van der Waals surface area contributed by atoms with Gasteiger partial charge >= 0.3 is 6.09 Å². The van der Waals surface area contributed by atoms with Crippen LogP contribution < -0.4 is 15.1 Å². The van der Waals surface area contributed by atoms with Crippen LogP contribution in [0.5, 0.6) is 0 Å². The smallest absolute Gasteiger partial charge is 0.414 e. The van der Waals surface area contributed by atoms with Crippen molar-refractivity contribution in [3.63, 3.8) is 0 Å². The van der Waals surface area contributed by atoms with Crippen molar-refractivity contribution in [2.75, 3.05) is 43.1 Å². The second-order valence-electron chi connectivity index (χ2n) is 6.45. The molecule has 0 aliphatic carbocycles. The van der Waals surface area contributed by atoms with E-state index in [0.717, 1.165) is 17.9 Å². The van der Waals surface area contributed by atoms with Gasteiger partial charge in [0.1, 0.15) is 12.7 Å². The zero-order valence-electron chi connectivity index (χ0n) is 15.6. The second kappa shape index (κ2) is 8.30. The Morgan fingerprint density at radius 3 is 2.62 bits per heavy atom. The number of hydrogen-bond acceptors (Lipinski definition) is 6. The fourth-order valence-electron chi connectivity index (χ4n) is 3.21. The number of carbonyl (C=O) groups is 2. The molecule has 29 heavy (non-hydrogen) atoms. The highest BCUT2D eigenvalue weighted by Crippen LogP contribution is 2.26. The van der Waals surface area contributed by atoms with Gasteiger partial charge in [0.2, 0.25) is 0 Å². The number of hydrogen-bond donors (Lipinski definition) is 1. The third-order valence-electron chi connectivity index (χ3n) is 4.60. The Hall–Kier alpha value is -2.78. The molecule has 152 valence electrons. The molecule has 0 saturated carbocycles. The third kappa shape index (κ3) is 4.15. The Labute approximate surface area is 176 Å².